The molecule has 0 amide bonds. The number of hydrogen-bond acceptors (Lipinski definition) is 4. The van der Waals surface area contributed by atoms with Crippen LogP contribution in [-0.2, 0) is 0 Å². The van der Waals surface area contributed by atoms with Crippen LogP contribution in [0.1, 0.15) is 31.5 Å². The first-order chi connectivity index (χ1) is 7.78. The van der Waals surface area contributed by atoms with Crippen molar-refractivity contribution in [3.63, 3.8) is 0 Å². The van der Waals surface area contributed by atoms with Gasteiger partial charge in [0.25, 0.3) is 0 Å². The molecule has 1 aromatic heterocycles. The van der Waals surface area contributed by atoms with Crippen molar-refractivity contribution in [1.82, 2.24) is 9.97 Å². The minimum Gasteiger partial charge on any atom is -0.373 e. The number of rotatable bonds is 4. The lowest BCUT2D eigenvalue weighted by atomic mass is 10.1. The molecule has 2 rings (SSSR count). The van der Waals surface area contributed by atoms with E-state index in [-0.39, 0.29) is 0 Å². The summed E-state index contributed by atoms with van der Waals surface area (Å²) in [6, 6.07) is 2.03. The first-order valence-corrected chi connectivity index (χ1v) is 6.92. The lowest BCUT2D eigenvalue weighted by Crippen LogP contribution is -2.00. The molecule has 0 bridgehead atoms. The molecule has 0 atom stereocenters. The Balaban J connectivity index is 1.94. The van der Waals surface area contributed by atoms with E-state index in [0.717, 1.165) is 22.6 Å². The van der Waals surface area contributed by atoms with Crippen molar-refractivity contribution in [2.75, 3.05) is 18.1 Å². The summed E-state index contributed by atoms with van der Waals surface area (Å²) in [6.07, 6.45) is 5.62. The van der Waals surface area contributed by atoms with Crippen molar-refractivity contribution >= 4 is 17.6 Å². The fraction of sp³-hybridized carbons (Fsp3) is 0.667. The molecule has 1 aromatic rings. The summed E-state index contributed by atoms with van der Waals surface area (Å²) >= 11 is 1.87. The van der Waals surface area contributed by atoms with Crippen LogP contribution >= 0.6 is 11.8 Å². The fourth-order valence-corrected chi connectivity index (χ4v) is 3.25. The van der Waals surface area contributed by atoms with Crippen LogP contribution in [0.25, 0.3) is 0 Å². The third-order valence-corrected chi connectivity index (χ3v) is 4.16. The number of nitrogens with one attached hydrogen (secondary N) is 1. The monoisotopic (exact) mass is 237 g/mol. The third-order valence-electron chi connectivity index (χ3n) is 3.01. The zero-order valence-electron chi connectivity index (χ0n) is 9.99. The number of aromatic nitrogens is 2. The van der Waals surface area contributed by atoms with E-state index in [2.05, 4.69) is 15.3 Å². The Morgan fingerprint density at radius 1 is 1.38 bits per heavy atom. The van der Waals surface area contributed by atoms with Gasteiger partial charge in [-0.3, -0.25) is 0 Å². The van der Waals surface area contributed by atoms with Gasteiger partial charge in [-0.2, -0.15) is 0 Å². The first kappa shape index (κ1) is 11.7. The summed E-state index contributed by atoms with van der Waals surface area (Å²) < 4.78 is 0. The van der Waals surface area contributed by atoms with E-state index in [1.807, 2.05) is 31.8 Å². The number of nitrogens with zero attached hydrogens (tertiary/aromatic N) is 2. The van der Waals surface area contributed by atoms with Crippen LogP contribution in [-0.4, -0.2) is 22.8 Å². The third kappa shape index (κ3) is 3.11. The maximum Gasteiger partial charge on any atom is 0.130 e. The van der Waals surface area contributed by atoms with Gasteiger partial charge in [0.05, 0.1) is 0 Å². The molecule has 1 fully saturated rings. The number of thioether (sulfide) groups is 1. The van der Waals surface area contributed by atoms with Crippen molar-refractivity contribution in [2.45, 2.75) is 37.6 Å². The number of anilines is 1. The summed E-state index contributed by atoms with van der Waals surface area (Å²) in [7, 11) is 1.90. The summed E-state index contributed by atoms with van der Waals surface area (Å²) in [4.78, 5) is 8.75. The average molecular weight is 237 g/mol. The summed E-state index contributed by atoms with van der Waals surface area (Å²) in [5.74, 6) is 3.88. The van der Waals surface area contributed by atoms with Gasteiger partial charge in [-0.1, -0.05) is 12.8 Å². The smallest absolute Gasteiger partial charge is 0.130 e. The molecule has 1 aliphatic rings. The van der Waals surface area contributed by atoms with Crippen LogP contribution in [0.3, 0.4) is 0 Å². The van der Waals surface area contributed by atoms with Gasteiger partial charge < -0.3 is 5.32 Å². The first-order valence-electron chi connectivity index (χ1n) is 5.94. The Labute approximate surface area is 101 Å². The van der Waals surface area contributed by atoms with Crippen molar-refractivity contribution in [1.29, 1.82) is 0 Å². The SMILES string of the molecule is CNc1cc(SCC2CCCC2)nc(C)n1. The molecule has 1 heterocycles. The van der Waals surface area contributed by atoms with Gasteiger partial charge in [0.2, 0.25) is 0 Å². The molecule has 0 radical (unpaired) electrons. The van der Waals surface area contributed by atoms with Crippen LogP contribution in [0.2, 0.25) is 0 Å². The number of aryl methyl sites for hydroxylation is 1. The Morgan fingerprint density at radius 3 is 2.81 bits per heavy atom. The van der Waals surface area contributed by atoms with Gasteiger partial charge in [0.1, 0.15) is 16.7 Å². The van der Waals surface area contributed by atoms with Crippen molar-refractivity contribution < 1.29 is 0 Å². The highest BCUT2D eigenvalue weighted by molar-refractivity contribution is 7.99. The highest BCUT2D eigenvalue weighted by Crippen LogP contribution is 2.30. The molecule has 4 heteroatoms. The summed E-state index contributed by atoms with van der Waals surface area (Å²) in [5, 5.41) is 4.17. The second-order valence-corrected chi connectivity index (χ2v) is 5.39. The van der Waals surface area contributed by atoms with Gasteiger partial charge in [0, 0.05) is 18.9 Å². The molecule has 0 aliphatic heterocycles. The molecule has 1 N–H and O–H groups in total. The minimum atomic E-state index is 0.848. The quantitative estimate of drug-likeness (QED) is 0.645. The average Bonchev–Trinajstić information content (AvgIpc) is 2.78. The molecule has 88 valence electrons. The van der Waals surface area contributed by atoms with E-state index in [4.69, 9.17) is 0 Å². The van der Waals surface area contributed by atoms with Gasteiger partial charge in [-0.25, -0.2) is 9.97 Å². The molecule has 1 aliphatic carbocycles. The molecule has 0 aromatic carbocycles. The largest absolute Gasteiger partial charge is 0.373 e. The second kappa shape index (κ2) is 5.53. The zero-order chi connectivity index (χ0) is 11.4. The van der Waals surface area contributed by atoms with E-state index >= 15 is 0 Å². The Morgan fingerprint density at radius 2 is 2.12 bits per heavy atom. The van der Waals surface area contributed by atoms with E-state index in [0.29, 0.717) is 0 Å². The van der Waals surface area contributed by atoms with Crippen molar-refractivity contribution in [2.24, 2.45) is 5.92 Å². The molecule has 0 saturated heterocycles. The Kier molecular flexibility index (Phi) is 4.04. The molecule has 0 unspecified atom stereocenters. The summed E-state index contributed by atoms with van der Waals surface area (Å²) in [6.45, 7) is 1.94. The van der Waals surface area contributed by atoms with Crippen LogP contribution in [0, 0.1) is 12.8 Å². The standard InChI is InChI=1S/C12H19N3S/c1-9-14-11(13-2)7-12(15-9)16-8-10-5-3-4-6-10/h7,10H,3-6,8H2,1-2H3,(H,13,14,15). The topological polar surface area (TPSA) is 37.8 Å². The van der Waals surface area contributed by atoms with Gasteiger partial charge in [-0.05, 0) is 25.7 Å². The zero-order valence-corrected chi connectivity index (χ0v) is 10.8. The number of hydrogen-bond donors (Lipinski definition) is 1. The molecular weight excluding hydrogens is 218 g/mol. The Bertz CT molecular complexity index is 348. The molecule has 3 nitrogen and oxygen atoms in total. The maximum atomic E-state index is 4.45. The molecule has 0 spiro atoms. The van der Waals surface area contributed by atoms with Crippen LogP contribution in [0.5, 0.6) is 0 Å². The van der Waals surface area contributed by atoms with Gasteiger partial charge in [0.15, 0.2) is 0 Å². The minimum absolute atomic E-state index is 0.848. The highest BCUT2D eigenvalue weighted by Gasteiger charge is 2.15. The molecular formula is C12H19N3S. The van der Waals surface area contributed by atoms with Crippen LogP contribution in [0.15, 0.2) is 11.1 Å². The highest BCUT2D eigenvalue weighted by atomic mass is 32.2. The van der Waals surface area contributed by atoms with E-state index in [9.17, 15) is 0 Å². The normalized spacial score (nSPS) is 16.6. The van der Waals surface area contributed by atoms with Crippen molar-refractivity contribution in [3.05, 3.63) is 11.9 Å². The fourth-order valence-electron chi connectivity index (χ4n) is 2.12. The van der Waals surface area contributed by atoms with Gasteiger partial charge in [-0.15, -0.1) is 11.8 Å². The van der Waals surface area contributed by atoms with Gasteiger partial charge >= 0.3 is 0 Å². The van der Waals surface area contributed by atoms with Crippen molar-refractivity contribution in [3.8, 4) is 0 Å². The lowest BCUT2D eigenvalue weighted by Gasteiger charge is -2.09. The maximum absolute atomic E-state index is 4.45. The van der Waals surface area contributed by atoms with E-state index in [1.165, 1.54) is 31.4 Å². The predicted octanol–water partition coefficient (Wildman–Crippen LogP) is 3.11. The van der Waals surface area contributed by atoms with Crippen LogP contribution < -0.4 is 5.32 Å². The van der Waals surface area contributed by atoms with Crippen LogP contribution in [0.4, 0.5) is 5.82 Å². The lowest BCUT2D eigenvalue weighted by molar-refractivity contribution is 0.622. The molecule has 1 saturated carbocycles. The second-order valence-electron chi connectivity index (χ2n) is 4.35. The Hall–Kier alpha value is -0.770. The van der Waals surface area contributed by atoms with E-state index < -0.39 is 0 Å². The molecule has 16 heavy (non-hydrogen) atoms. The van der Waals surface area contributed by atoms with E-state index in [1.54, 1.807) is 0 Å². The summed E-state index contributed by atoms with van der Waals surface area (Å²) in [5.41, 5.74) is 0. The predicted molar refractivity (Wildman–Crippen MR) is 69.0 cm³/mol.